The summed E-state index contributed by atoms with van der Waals surface area (Å²) >= 11 is 0. The maximum atomic E-state index is 13.3. The van der Waals surface area contributed by atoms with E-state index in [0.717, 1.165) is 17.7 Å². The standard InChI is InChI=1S/C27H28O7/c1-6-23(29)32-18-11-8-17(9-12-18)10-13-20(28)25-22(31-5)16-21-19(14-15-27(3,4)34-21)26(25)33-24(30)7-2/h6-9,11-12,16H,1-2,10,13-15H2,3-5H3. The molecular formula is C27H28O7. The van der Waals surface area contributed by atoms with Gasteiger partial charge in [0.15, 0.2) is 11.5 Å². The molecular weight excluding hydrogens is 436 g/mol. The van der Waals surface area contributed by atoms with Crippen LogP contribution in [0.1, 0.15) is 48.2 Å². The Morgan fingerprint density at radius 1 is 1.06 bits per heavy atom. The Morgan fingerprint density at radius 3 is 2.32 bits per heavy atom. The molecule has 2 aromatic carbocycles. The molecule has 0 atom stereocenters. The number of carbonyl (C=O) groups excluding carboxylic acids is 3. The van der Waals surface area contributed by atoms with E-state index in [1.807, 2.05) is 13.8 Å². The summed E-state index contributed by atoms with van der Waals surface area (Å²) in [6.07, 6.45) is 3.98. The topological polar surface area (TPSA) is 88.1 Å². The van der Waals surface area contributed by atoms with E-state index in [1.54, 1.807) is 30.3 Å². The molecule has 0 saturated heterocycles. The fraction of sp³-hybridized carbons (Fsp3) is 0.296. The highest BCUT2D eigenvalue weighted by Crippen LogP contribution is 2.45. The molecule has 2 aromatic rings. The molecule has 178 valence electrons. The molecule has 0 unspecified atom stereocenters. The summed E-state index contributed by atoms with van der Waals surface area (Å²) in [6.45, 7) is 10.8. The van der Waals surface area contributed by atoms with E-state index in [2.05, 4.69) is 13.2 Å². The number of benzene rings is 2. The summed E-state index contributed by atoms with van der Waals surface area (Å²) < 4.78 is 22.2. The molecule has 0 bridgehead atoms. The molecule has 0 fully saturated rings. The number of Topliss-reactive ketones (excluding diaryl/α,β-unsaturated/α-hetero) is 1. The first kappa shape index (κ1) is 24.8. The molecule has 7 heteroatoms. The predicted molar refractivity (Wildman–Crippen MR) is 127 cm³/mol. The lowest BCUT2D eigenvalue weighted by atomic mass is 9.90. The van der Waals surface area contributed by atoms with Crippen molar-refractivity contribution in [2.24, 2.45) is 0 Å². The molecule has 1 heterocycles. The highest BCUT2D eigenvalue weighted by atomic mass is 16.5. The fourth-order valence-electron chi connectivity index (χ4n) is 3.70. The van der Waals surface area contributed by atoms with Crippen LogP contribution in [0.15, 0.2) is 55.6 Å². The number of ketones is 1. The van der Waals surface area contributed by atoms with Gasteiger partial charge in [0.1, 0.15) is 28.4 Å². The van der Waals surface area contributed by atoms with Crippen LogP contribution in [0, 0.1) is 0 Å². The molecule has 7 nitrogen and oxygen atoms in total. The van der Waals surface area contributed by atoms with Gasteiger partial charge in [0.05, 0.1) is 7.11 Å². The average molecular weight is 465 g/mol. The van der Waals surface area contributed by atoms with Crippen molar-refractivity contribution in [1.82, 2.24) is 0 Å². The predicted octanol–water partition coefficient (Wildman–Crippen LogP) is 4.80. The summed E-state index contributed by atoms with van der Waals surface area (Å²) in [4.78, 5) is 36.8. The zero-order valence-electron chi connectivity index (χ0n) is 19.6. The van der Waals surface area contributed by atoms with Gasteiger partial charge in [0.2, 0.25) is 0 Å². The number of methoxy groups -OCH3 is 1. The van der Waals surface area contributed by atoms with Gasteiger partial charge in [0.25, 0.3) is 0 Å². The highest BCUT2D eigenvalue weighted by molar-refractivity contribution is 6.03. The molecule has 0 aromatic heterocycles. The average Bonchev–Trinajstić information content (AvgIpc) is 2.81. The molecule has 0 saturated carbocycles. The van der Waals surface area contributed by atoms with E-state index in [1.165, 1.54) is 7.11 Å². The Kier molecular flexibility index (Phi) is 7.56. The fourth-order valence-corrected chi connectivity index (χ4v) is 3.70. The van der Waals surface area contributed by atoms with Crippen LogP contribution >= 0.6 is 0 Å². The number of ether oxygens (including phenoxy) is 4. The minimum atomic E-state index is -0.668. The first-order chi connectivity index (χ1) is 16.2. The third-order valence-corrected chi connectivity index (χ3v) is 5.49. The van der Waals surface area contributed by atoms with E-state index in [9.17, 15) is 14.4 Å². The quantitative estimate of drug-likeness (QED) is 0.228. The second kappa shape index (κ2) is 10.4. The van der Waals surface area contributed by atoms with Gasteiger partial charge in [-0.1, -0.05) is 25.3 Å². The van der Waals surface area contributed by atoms with Crippen LogP contribution in [0.4, 0.5) is 0 Å². The van der Waals surface area contributed by atoms with Crippen LogP contribution in [0.5, 0.6) is 23.0 Å². The SMILES string of the molecule is C=CC(=O)Oc1ccc(CCC(=O)c2c(OC)cc3c(c2OC(=O)C=C)CCC(C)(C)O3)cc1. The number of hydrogen-bond donors (Lipinski definition) is 0. The molecule has 0 N–H and O–H groups in total. The Morgan fingerprint density at radius 2 is 1.71 bits per heavy atom. The zero-order valence-corrected chi connectivity index (χ0v) is 19.6. The van der Waals surface area contributed by atoms with Crippen molar-refractivity contribution in [3.63, 3.8) is 0 Å². The summed E-state index contributed by atoms with van der Waals surface area (Å²) in [7, 11) is 1.45. The van der Waals surface area contributed by atoms with Crippen LogP contribution in [-0.4, -0.2) is 30.4 Å². The van der Waals surface area contributed by atoms with E-state index < -0.39 is 17.5 Å². The third kappa shape index (κ3) is 5.73. The second-order valence-electron chi connectivity index (χ2n) is 8.44. The van der Waals surface area contributed by atoms with Gasteiger partial charge in [-0.3, -0.25) is 4.79 Å². The van der Waals surface area contributed by atoms with Gasteiger partial charge in [0, 0.05) is 30.2 Å². The van der Waals surface area contributed by atoms with Crippen LogP contribution < -0.4 is 18.9 Å². The first-order valence-corrected chi connectivity index (χ1v) is 10.9. The number of fused-ring (bicyclic) bond motifs is 1. The Bertz CT molecular complexity index is 1130. The lowest BCUT2D eigenvalue weighted by Crippen LogP contribution is -2.33. The summed E-state index contributed by atoms with van der Waals surface area (Å²) in [5.41, 5.74) is 1.34. The van der Waals surface area contributed by atoms with Crippen molar-refractivity contribution in [3.05, 3.63) is 72.3 Å². The van der Waals surface area contributed by atoms with Crippen molar-refractivity contribution >= 4 is 17.7 Å². The van der Waals surface area contributed by atoms with E-state index in [-0.39, 0.29) is 29.3 Å². The molecule has 0 aliphatic carbocycles. The van der Waals surface area contributed by atoms with Crippen molar-refractivity contribution in [2.75, 3.05) is 7.11 Å². The zero-order chi connectivity index (χ0) is 24.9. The smallest absolute Gasteiger partial charge is 0.335 e. The van der Waals surface area contributed by atoms with Gasteiger partial charge in [-0.05, 0) is 50.8 Å². The Labute approximate surface area is 199 Å². The monoisotopic (exact) mass is 464 g/mol. The van der Waals surface area contributed by atoms with Crippen molar-refractivity contribution < 1.29 is 33.3 Å². The Hall–Kier alpha value is -3.87. The first-order valence-electron chi connectivity index (χ1n) is 10.9. The van der Waals surface area contributed by atoms with Crippen molar-refractivity contribution in [1.29, 1.82) is 0 Å². The van der Waals surface area contributed by atoms with E-state index in [0.29, 0.717) is 36.3 Å². The molecule has 0 radical (unpaired) electrons. The van der Waals surface area contributed by atoms with Gasteiger partial charge in [-0.25, -0.2) is 9.59 Å². The van der Waals surface area contributed by atoms with Crippen LogP contribution in [0.25, 0.3) is 0 Å². The minimum Gasteiger partial charge on any atom is -0.496 e. The van der Waals surface area contributed by atoms with E-state index >= 15 is 0 Å². The lowest BCUT2D eigenvalue weighted by Gasteiger charge is -2.34. The third-order valence-electron chi connectivity index (χ3n) is 5.49. The molecule has 1 aliphatic heterocycles. The minimum absolute atomic E-state index is 0.145. The molecule has 0 spiro atoms. The normalized spacial score (nSPS) is 13.6. The Balaban J connectivity index is 1.89. The summed E-state index contributed by atoms with van der Waals surface area (Å²) in [5.74, 6) is -0.0978. The molecule has 1 aliphatic rings. The van der Waals surface area contributed by atoms with Gasteiger partial charge < -0.3 is 18.9 Å². The second-order valence-corrected chi connectivity index (χ2v) is 8.44. The van der Waals surface area contributed by atoms with Gasteiger partial charge in [-0.15, -0.1) is 0 Å². The summed E-state index contributed by atoms with van der Waals surface area (Å²) in [6, 6.07) is 8.53. The number of carbonyl (C=O) groups is 3. The maximum absolute atomic E-state index is 13.3. The van der Waals surface area contributed by atoms with Crippen molar-refractivity contribution in [3.8, 4) is 23.0 Å². The maximum Gasteiger partial charge on any atom is 0.335 e. The lowest BCUT2D eigenvalue weighted by molar-refractivity contribution is -0.129. The molecule has 0 amide bonds. The molecule has 34 heavy (non-hydrogen) atoms. The van der Waals surface area contributed by atoms with Gasteiger partial charge in [-0.2, -0.15) is 0 Å². The number of aryl methyl sites for hydroxylation is 1. The summed E-state index contributed by atoms with van der Waals surface area (Å²) in [5, 5.41) is 0. The number of rotatable bonds is 9. The van der Waals surface area contributed by atoms with Crippen molar-refractivity contribution in [2.45, 2.75) is 45.1 Å². The highest BCUT2D eigenvalue weighted by Gasteiger charge is 2.33. The van der Waals surface area contributed by atoms with Crippen LogP contribution in [0.2, 0.25) is 0 Å². The molecule has 3 rings (SSSR count). The van der Waals surface area contributed by atoms with Gasteiger partial charge >= 0.3 is 11.9 Å². The largest absolute Gasteiger partial charge is 0.496 e. The number of hydrogen-bond acceptors (Lipinski definition) is 7. The van der Waals surface area contributed by atoms with Crippen LogP contribution in [-0.2, 0) is 22.4 Å². The van der Waals surface area contributed by atoms with Crippen LogP contribution in [0.3, 0.4) is 0 Å². The van der Waals surface area contributed by atoms with E-state index in [4.69, 9.17) is 18.9 Å². The number of esters is 2.